The maximum absolute atomic E-state index is 12.2. The van der Waals surface area contributed by atoms with Crippen LogP contribution >= 0.6 is 11.3 Å². The first-order valence-corrected chi connectivity index (χ1v) is 8.72. The van der Waals surface area contributed by atoms with Crippen molar-refractivity contribution in [3.05, 3.63) is 55.5 Å². The quantitative estimate of drug-likeness (QED) is 0.589. The number of amides is 1. The molecule has 0 radical (unpaired) electrons. The molecule has 138 valence electrons. The summed E-state index contributed by atoms with van der Waals surface area (Å²) in [7, 11) is 0. The Hall–Kier alpha value is -2.81. The lowest BCUT2D eigenvalue weighted by molar-refractivity contribution is -0.386. The molecule has 1 heterocycles. The van der Waals surface area contributed by atoms with Gasteiger partial charge in [-0.25, -0.2) is 9.78 Å². The third kappa shape index (κ3) is 4.63. The average Bonchev–Trinajstić information content (AvgIpc) is 3.02. The Morgan fingerprint density at radius 3 is 2.58 bits per heavy atom. The molecule has 8 nitrogen and oxygen atoms in total. The minimum absolute atomic E-state index is 0.0234. The standard InChI is InChI=1S/C17H19N3O5S/c1-17(2,3)11-5-4-10(8-13(11)20(24)25)15(21)18-7-6-14-19-12(9-26-14)16(22)23/h4-5,8-9H,6-7H2,1-3H3,(H,18,21)(H,22,23). The molecule has 0 saturated heterocycles. The second-order valence-corrected chi connectivity index (χ2v) is 7.62. The van der Waals surface area contributed by atoms with Gasteiger partial charge in [0.25, 0.3) is 11.6 Å². The van der Waals surface area contributed by atoms with E-state index >= 15 is 0 Å². The summed E-state index contributed by atoms with van der Waals surface area (Å²) in [6.45, 7) is 5.86. The van der Waals surface area contributed by atoms with Gasteiger partial charge in [-0.05, 0) is 11.5 Å². The van der Waals surface area contributed by atoms with Crippen molar-refractivity contribution >= 4 is 28.9 Å². The fourth-order valence-electron chi connectivity index (χ4n) is 2.37. The number of carboxylic acid groups (broad SMARTS) is 1. The van der Waals surface area contributed by atoms with Gasteiger partial charge < -0.3 is 10.4 Å². The summed E-state index contributed by atoms with van der Waals surface area (Å²) < 4.78 is 0. The van der Waals surface area contributed by atoms with Crippen LogP contribution in [0.2, 0.25) is 0 Å². The van der Waals surface area contributed by atoms with Crippen molar-refractivity contribution < 1.29 is 19.6 Å². The Kier molecular flexibility index (Phi) is 5.71. The second kappa shape index (κ2) is 7.61. The minimum Gasteiger partial charge on any atom is -0.476 e. The number of hydrogen-bond acceptors (Lipinski definition) is 6. The average molecular weight is 377 g/mol. The first-order chi connectivity index (χ1) is 12.1. The van der Waals surface area contributed by atoms with E-state index in [1.807, 2.05) is 20.8 Å². The molecule has 0 aliphatic heterocycles. The third-order valence-corrected chi connectivity index (χ3v) is 4.57. The summed E-state index contributed by atoms with van der Waals surface area (Å²) in [6, 6.07) is 4.45. The van der Waals surface area contributed by atoms with Crippen LogP contribution in [-0.4, -0.2) is 33.4 Å². The molecule has 1 amide bonds. The van der Waals surface area contributed by atoms with E-state index in [2.05, 4.69) is 10.3 Å². The highest BCUT2D eigenvalue weighted by Crippen LogP contribution is 2.31. The smallest absolute Gasteiger partial charge is 0.355 e. The van der Waals surface area contributed by atoms with Gasteiger partial charge in [0.15, 0.2) is 5.69 Å². The van der Waals surface area contributed by atoms with E-state index in [0.717, 1.165) is 0 Å². The van der Waals surface area contributed by atoms with Crippen LogP contribution in [-0.2, 0) is 11.8 Å². The zero-order valence-electron chi connectivity index (χ0n) is 14.6. The van der Waals surface area contributed by atoms with E-state index < -0.39 is 22.2 Å². The number of nitro groups is 1. The number of nitro benzene ring substituents is 1. The highest BCUT2D eigenvalue weighted by molar-refractivity contribution is 7.09. The molecule has 2 rings (SSSR count). The first-order valence-electron chi connectivity index (χ1n) is 7.84. The van der Waals surface area contributed by atoms with Gasteiger partial charge in [-0.1, -0.05) is 26.8 Å². The Morgan fingerprint density at radius 1 is 1.35 bits per heavy atom. The highest BCUT2D eigenvalue weighted by Gasteiger charge is 2.26. The van der Waals surface area contributed by atoms with Crippen molar-refractivity contribution in [2.45, 2.75) is 32.6 Å². The Balaban J connectivity index is 2.06. The van der Waals surface area contributed by atoms with Crippen molar-refractivity contribution in [3.63, 3.8) is 0 Å². The molecule has 9 heteroatoms. The number of aromatic carboxylic acids is 1. The lowest BCUT2D eigenvalue weighted by atomic mass is 9.85. The molecule has 26 heavy (non-hydrogen) atoms. The molecule has 0 atom stereocenters. The van der Waals surface area contributed by atoms with Crippen LogP contribution in [0.25, 0.3) is 0 Å². The van der Waals surface area contributed by atoms with Crippen LogP contribution in [0, 0.1) is 10.1 Å². The molecular formula is C17H19N3O5S. The third-order valence-electron chi connectivity index (χ3n) is 3.66. The van der Waals surface area contributed by atoms with Crippen molar-refractivity contribution in [1.82, 2.24) is 10.3 Å². The van der Waals surface area contributed by atoms with E-state index in [1.165, 1.54) is 22.8 Å². The highest BCUT2D eigenvalue weighted by atomic mass is 32.1. The summed E-state index contributed by atoms with van der Waals surface area (Å²) in [5.41, 5.74) is 0.239. The van der Waals surface area contributed by atoms with E-state index in [9.17, 15) is 19.7 Å². The lowest BCUT2D eigenvalue weighted by Gasteiger charge is -2.19. The molecule has 0 aliphatic rings. The molecule has 0 fully saturated rings. The zero-order valence-corrected chi connectivity index (χ0v) is 15.4. The van der Waals surface area contributed by atoms with Crippen LogP contribution in [0.3, 0.4) is 0 Å². The van der Waals surface area contributed by atoms with Gasteiger partial charge in [0.2, 0.25) is 0 Å². The Labute approximate surface area is 154 Å². The predicted molar refractivity (Wildman–Crippen MR) is 96.9 cm³/mol. The lowest BCUT2D eigenvalue weighted by Crippen LogP contribution is -2.26. The maximum Gasteiger partial charge on any atom is 0.355 e. The molecule has 2 aromatic rings. The number of hydrogen-bond donors (Lipinski definition) is 2. The summed E-state index contributed by atoms with van der Waals surface area (Å²) >= 11 is 1.20. The second-order valence-electron chi connectivity index (χ2n) is 6.68. The van der Waals surface area contributed by atoms with E-state index in [1.54, 1.807) is 12.1 Å². The number of thiazole rings is 1. The Morgan fingerprint density at radius 2 is 2.04 bits per heavy atom. The molecule has 2 N–H and O–H groups in total. The molecule has 0 spiro atoms. The summed E-state index contributed by atoms with van der Waals surface area (Å²) in [6.07, 6.45) is 0.381. The maximum atomic E-state index is 12.2. The normalized spacial score (nSPS) is 11.2. The molecule has 0 saturated carbocycles. The van der Waals surface area contributed by atoms with E-state index in [0.29, 0.717) is 17.0 Å². The number of rotatable bonds is 6. The largest absolute Gasteiger partial charge is 0.476 e. The number of benzene rings is 1. The zero-order chi connectivity index (χ0) is 19.5. The number of carbonyl (C=O) groups is 2. The van der Waals surface area contributed by atoms with Gasteiger partial charge in [0.1, 0.15) is 0 Å². The number of nitrogens with one attached hydrogen (secondary N) is 1. The number of nitrogens with zero attached hydrogens (tertiary/aromatic N) is 2. The molecule has 0 bridgehead atoms. The molecule has 1 aromatic heterocycles. The van der Waals surface area contributed by atoms with Crippen LogP contribution < -0.4 is 5.32 Å². The summed E-state index contributed by atoms with van der Waals surface area (Å²) in [4.78, 5) is 37.8. The number of aromatic nitrogens is 1. The SMILES string of the molecule is CC(C)(C)c1ccc(C(=O)NCCc2nc(C(=O)O)cs2)cc1[N+](=O)[O-]. The van der Waals surface area contributed by atoms with Gasteiger partial charge in [0, 0.05) is 35.5 Å². The summed E-state index contributed by atoms with van der Waals surface area (Å²) in [5, 5.41) is 24.8. The summed E-state index contributed by atoms with van der Waals surface area (Å²) in [5.74, 6) is -1.52. The molecular weight excluding hydrogens is 358 g/mol. The van der Waals surface area contributed by atoms with Crippen molar-refractivity contribution in [1.29, 1.82) is 0 Å². The fraction of sp³-hybridized carbons (Fsp3) is 0.353. The molecule has 0 aliphatic carbocycles. The van der Waals surface area contributed by atoms with Crippen molar-refractivity contribution in [2.24, 2.45) is 0 Å². The van der Waals surface area contributed by atoms with Gasteiger partial charge in [-0.15, -0.1) is 11.3 Å². The number of carbonyl (C=O) groups excluding carboxylic acids is 1. The van der Waals surface area contributed by atoms with Crippen LogP contribution in [0.5, 0.6) is 0 Å². The molecule has 1 aromatic carbocycles. The van der Waals surface area contributed by atoms with Gasteiger partial charge in [-0.2, -0.15) is 0 Å². The van der Waals surface area contributed by atoms with Crippen LogP contribution in [0.1, 0.15) is 52.2 Å². The predicted octanol–water partition coefficient (Wildman–Crippen LogP) is 3.02. The van der Waals surface area contributed by atoms with E-state index in [4.69, 9.17) is 5.11 Å². The van der Waals surface area contributed by atoms with Crippen molar-refractivity contribution in [2.75, 3.05) is 6.54 Å². The van der Waals surface area contributed by atoms with E-state index in [-0.39, 0.29) is 23.5 Å². The monoisotopic (exact) mass is 377 g/mol. The first kappa shape index (κ1) is 19.5. The van der Waals surface area contributed by atoms with Gasteiger partial charge in [0.05, 0.1) is 9.93 Å². The molecule has 0 unspecified atom stereocenters. The minimum atomic E-state index is -1.09. The topological polar surface area (TPSA) is 122 Å². The van der Waals surface area contributed by atoms with Crippen LogP contribution in [0.15, 0.2) is 23.6 Å². The van der Waals surface area contributed by atoms with Crippen LogP contribution in [0.4, 0.5) is 5.69 Å². The van der Waals surface area contributed by atoms with Crippen molar-refractivity contribution in [3.8, 4) is 0 Å². The fourth-order valence-corrected chi connectivity index (χ4v) is 3.14. The number of carboxylic acids is 1. The van der Waals surface area contributed by atoms with Gasteiger partial charge >= 0.3 is 5.97 Å². The van der Waals surface area contributed by atoms with Gasteiger partial charge in [-0.3, -0.25) is 14.9 Å². The Bertz CT molecular complexity index is 854.